The van der Waals surface area contributed by atoms with Crippen LogP contribution in [0.1, 0.15) is 16.0 Å². The van der Waals surface area contributed by atoms with E-state index in [0.717, 1.165) is 15.8 Å². The van der Waals surface area contributed by atoms with Crippen LogP contribution >= 0.6 is 27.3 Å². The third kappa shape index (κ3) is 2.98. The largest absolute Gasteiger partial charge is 0.489 e. The van der Waals surface area contributed by atoms with E-state index >= 15 is 0 Å². The van der Waals surface area contributed by atoms with Gasteiger partial charge in [-0.15, -0.1) is 11.3 Å². The first kappa shape index (κ1) is 14.6. The molecule has 0 fully saturated rings. The molecule has 3 rings (SSSR count). The molecule has 4 heteroatoms. The molecule has 0 spiro atoms. The van der Waals surface area contributed by atoms with Crippen LogP contribution in [-0.2, 0) is 13.2 Å². The second-order valence-electron chi connectivity index (χ2n) is 4.90. The molecule has 0 unspecified atom stereocenters. The Labute approximate surface area is 136 Å². The van der Waals surface area contributed by atoms with E-state index in [1.54, 1.807) is 11.3 Å². The van der Waals surface area contributed by atoms with Crippen LogP contribution in [0.2, 0.25) is 0 Å². The molecule has 0 radical (unpaired) electrons. The number of ether oxygens (including phenoxy) is 1. The zero-order valence-corrected chi connectivity index (χ0v) is 14.1. The molecule has 0 aliphatic carbocycles. The van der Waals surface area contributed by atoms with Gasteiger partial charge in [-0.05, 0) is 36.1 Å². The number of hydrogen-bond acceptors (Lipinski definition) is 3. The zero-order chi connectivity index (χ0) is 14.8. The van der Waals surface area contributed by atoms with Gasteiger partial charge in [0.25, 0.3) is 0 Å². The molecule has 0 aliphatic rings. The molecule has 0 aliphatic heterocycles. The molecule has 108 valence electrons. The van der Waals surface area contributed by atoms with E-state index in [-0.39, 0.29) is 0 Å². The van der Waals surface area contributed by atoms with Gasteiger partial charge in [-0.3, -0.25) is 0 Å². The van der Waals surface area contributed by atoms with Gasteiger partial charge in [0.2, 0.25) is 0 Å². The van der Waals surface area contributed by atoms with Gasteiger partial charge in [0.15, 0.2) is 0 Å². The second kappa shape index (κ2) is 6.18. The molecule has 2 nitrogen and oxygen atoms in total. The van der Waals surface area contributed by atoms with Crippen molar-refractivity contribution < 1.29 is 4.74 Å². The van der Waals surface area contributed by atoms with Gasteiger partial charge in [-0.2, -0.15) is 0 Å². The fraction of sp³-hybridized carbons (Fsp3) is 0.176. The van der Waals surface area contributed by atoms with Crippen LogP contribution in [0.3, 0.4) is 0 Å². The van der Waals surface area contributed by atoms with Gasteiger partial charge < -0.3 is 10.5 Å². The van der Waals surface area contributed by atoms with E-state index in [9.17, 15) is 0 Å². The van der Waals surface area contributed by atoms with Crippen molar-refractivity contribution in [3.63, 3.8) is 0 Å². The number of rotatable bonds is 4. The summed E-state index contributed by atoms with van der Waals surface area (Å²) in [5.41, 5.74) is 8.22. The van der Waals surface area contributed by atoms with Crippen molar-refractivity contribution in [2.75, 3.05) is 0 Å². The highest BCUT2D eigenvalue weighted by atomic mass is 79.9. The highest BCUT2D eigenvalue weighted by molar-refractivity contribution is 9.10. The molecule has 0 amide bonds. The molecular weight excluding hydrogens is 346 g/mol. The maximum absolute atomic E-state index is 6.03. The van der Waals surface area contributed by atoms with E-state index in [2.05, 4.69) is 53.2 Å². The van der Waals surface area contributed by atoms with Crippen molar-refractivity contribution in [2.24, 2.45) is 5.73 Å². The maximum Gasteiger partial charge on any atom is 0.123 e. The Bertz CT molecular complexity index is 782. The summed E-state index contributed by atoms with van der Waals surface area (Å²) in [5.74, 6) is 0.905. The van der Waals surface area contributed by atoms with Crippen molar-refractivity contribution in [3.8, 4) is 5.75 Å². The topological polar surface area (TPSA) is 35.2 Å². The predicted molar refractivity (Wildman–Crippen MR) is 92.9 cm³/mol. The van der Waals surface area contributed by atoms with E-state index in [4.69, 9.17) is 10.5 Å². The lowest BCUT2D eigenvalue weighted by molar-refractivity contribution is 0.305. The minimum Gasteiger partial charge on any atom is -0.489 e. The summed E-state index contributed by atoms with van der Waals surface area (Å²) in [7, 11) is 0. The van der Waals surface area contributed by atoms with Crippen molar-refractivity contribution in [2.45, 2.75) is 20.1 Å². The monoisotopic (exact) mass is 361 g/mol. The van der Waals surface area contributed by atoms with Gasteiger partial charge in [0.05, 0.1) is 0 Å². The fourth-order valence-corrected chi connectivity index (χ4v) is 3.78. The minimum atomic E-state index is 0.549. The van der Waals surface area contributed by atoms with Crippen molar-refractivity contribution in [1.29, 1.82) is 0 Å². The second-order valence-corrected chi connectivity index (χ2v) is 6.95. The third-order valence-electron chi connectivity index (χ3n) is 3.49. The summed E-state index contributed by atoms with van der Waals surface area (Å²) in [6.07, 6.45) is 0. The lowest BCUT2D eigenvalue weighted by Gasteiger charge is -2.10. The molecule has 21 heavy (non-hydrogen) atoms. The Morgan fingerprint density at radius 2 is 2.00 bits per heavy atom. The summed E-state index contributed by atoms with van der Waals surface area (Å²) in [6.45, 7) is 3.15. The predicted octanol–water partition coefficient (Wildman–Crippen LogP) is 5.01. The average molecular weight is 362 g/mol. The molecule has 2 aromatic carbocycles. The number of halogens is 1. The highest BCUT2D eigenvalue weighted by Gasteiger charge is 2.12. The quantitative estimate of drug-likeness (QED) is 0.708. The summed E-state index contributed by atoms with van der Waals surface area (Å²) in [4.78, 5) is 1.20. The molecule has 1 heterocycles. The first-order valence-electron chi connectivity index (χ1n) is 6.77. The summed E-state index contributed by atoms with van der Waals surface area (Å²) < 4.78 is 8.33. The molecule has 2 N–H and O–H groups in total. The van der Waals surface area contributed by atoms with E-state index < -0.39 is 0 Å². The Morgan fingerprint density at radius 3 is 2.81 bits per heavy atom. The fourth-order valence-electron chi connectivity index (χ4n) is 2.35. The van der Waals surface area contributed by atoms with E-state index in [1.807, 2.05) is 12.1 Å². The van der Waals surface area contributed by atoms with Gasteiger partial charge in [-0.1, -0.05) is 40.2 Å². The Balaban J connectivity index is 1.93. The van der Waals surface area contributed by atoms with Crippen LogP contribution in [-0.4, -0.2) is 0 Å². The maximum atomic E-state index is 6.03. The standard InChI is InChI=1S/C17H16BrNOS/c1-11-6-7-12(18)8-15(11)20-10-14-13-4-2-3-5-16(13)21-17(14)9-19/h2-8H,9-10,19H2,1H3. The van der Waals surface area contributed by atoms with Crippen LogP contribution in [0, 0.1) is 6.92 Å². The Kier molecular flexibility index (Phi) is 4.29. The van der Waals surface area contributed by atoms with Gasteiger partial charge in [0, 0.05) is 26.2 Å². The smallest absolute Gasteiger partial charge is 0.123 e. The van der Waals surface area contributed by atoms with Crippen LogP contribution in [0.25, 0.3) is 10.1 Å². The Morgan fingerprint density at radius 1 is 1.19 bits per heavy atom. The number of benzene rings is 2. The molecule has 0 bridgehead atoms. The lowest BCUT2D eigenvalue weighted by atomic mass is 10.1. The number of nitrogens with two attached hydrogens (primary N) is 1. The molecule has 0 atom stereocenters. The van der Waals surface area contributed by atoms with Gasteiger partial charge >= 0.3 is 0 Å². The van der Waals surface area contributed by atoms with Gasteiger partial charge in [0.1, 0.15) is 12.4 Å². The molecular formula is C17H16BrNOS. The number of aryl methyl sites for hydroxylation is 1. The van der Waals surface area contributed by atoms with E-state index in [1.165, 1.54) is 20.5 Å². The third-order valence-corrected chi connectivity index (χ3v) is 5.22. The van der Waals surface area contributed by atoms with Gasteiger partial charge in [-0.25, -0.2) is 0 Å². The zero-order valence-electron chi connectivity index (χ0n) is 11.7. The first-order chi connectivity index (χ1) is 10.2. The van der Waals surface area contributed by atoms with Crippen LogP contribution in [0.4, 0.5) is 0 Å². The summed E-state index contributed by atoms with van der Waals surface area (Å²) >= 11 is 5.24. The van der Waals surface area contributed by atoms with Crippen LogP contribution in [0.15, 0.2) is 46.9 Å². The lowest BCUT2D eigenvalue weighted by Crippen LogP contribution is -2.02. The Hall–Kier alpha value is -1.36. The van der Waals surface area contributed by atoms with Crippen LogP contribution in [0.5, 0.6) is 5.75 Å². The molecule has 0 saturated carbocycles. The first-order valence-corrected chi connectivity index (χ1v) is 8.38. The molecule has 1 aromatic heterocycles. The van der Waals surface area contributed by atoms with Crippen LogP contribution < -0.4 is 10.5 Å². The minimum absolute atomic E-state index is 0.549. The molecule has 0 saturated heterocycles. The number of fused-ring (bicyclic) bond motifs is 1. The van der Waals surface area contributed by atoms with E-state index in [0.29, 0.717) is 13.2 Å². The SMILES string of the molecule is Cc1ccc(Br)cc1OCc1c(CN)sc2ccccc12. The van der Waals surface area contributed by atoms with Crippen molar-refractivity contribution in [1.82, 2.24) is 0 Å². The highest BCUT2D eigenvalue weighted by Crippen LogP contribution is 2.32. The molecule has 3 aromatic rings. The number of hydrogen-bond donors (Lipinski definition) is 1. The number of thiophene rings is 1. The summed E-state index contributed by atoms with van der Waals surface area (Å²) in [5, 5.41) is 1.25. The van der Waals surface area contributed by atoms with Crippen molar-refractivity contribution in [3.05, 3.63) is 62.9 Å². The normalized spacial score (nSPS) is 11.0. The average Bonchev–Trinajstić information content (AvgIpc) is 2.86. The summed E-state index contributed by atoms with van der Waals surface area (Å²) in [6, 6.07) is 14.5. The van der Waals surface area contributed by atoms with Crippen molar-refractivity contribution >= 4 is 37.4 Å².